The van der Waals surface area contributed by atoms with Gasteiger partial charge >= 0.3 is 0 Å². The fourth-order valence-corrected chi connectivity index (χ4v) is 9.02. The molecule has 5 aliphatic carbocycles. The number of hydrogen-bond acceptors (Lipinski definition) is 4. The zero-order chi connectivity index (χ0) is 22.0. The zero-order valence-corrected chi connectivity index (χ0v) is 20.2. The number of rotatable bonds is 4. The lowest BCUT2D eigenvalue weighted by atomic mass is 9.49. The highest BCUT2D eigenvalue weighted by molar-refractivity contribution is 7.18. The first-order valence-corrected chi connectivity index (χ1v) is 13.5. The molecule has 0 unspecified atom stereocenters. The fraction of sp³-hybridized carbons (Fsp3) is 0.731. The summed E-state index contributed by atoms with van der Waals surface area (Å²) in [5.74, 6) is 3.30. The number of fused-ring (bicyclic) bond motifs is 1. The molecule has 5 fully saturated rings. The van der Waals surface area contributed by atoms with Gasteiger partial charge in [0.1, 0.15) is 10.7 Å². The Morgan fingerprint density at radius 1 is 1.06 bits per heavy atom. The van der Waals surface area contributed by atoms with Crippen molar-refractivity contribution in [3.8, 4) is 0 Å². The molecule has 32 heavy (non-hydrogen) atoms. The highest BCUT2D eigenvalue weighted by Gasteiger charge is 2.56. The molecule has 172 valence electrons. The number of carbonyl (C=O) groups is 1. The van der Waals surface area contributed by atoms with Crippen molar-refractivity contribution in [2.75, 3.05) is 0 Å². The molecule has 1 N–H and O–H groups in total. The molecule has 7 rings (SSSR count). The maximum atomic E-state index is 14.3. The van der Waals surface area contributed by atoms with Gasteiger partial charge in [-0.2, -0.15) is 0 Å². The van der Waals surface area contributed by atoms with E-state index in [-0.39, 0.29) is 17.0 Å². The summed E-state index contributed by atoms with van der Waals surface area (Å²) in [6.07, 6.45) is 13.1. The Balaban J connectivity index is 1.35. The molecule has 5 aliphatic rings. The van der Waals surface area contributed by atoms with Crippen LogP contribution in [-0.2, 0) is 11.3 Å². The Labute approximate surface area is 194 Å². The van der Waals surface area contributed by atoms with E-state index >= 15 is 0 Å². The summed E-state index contributed by atoms with van der Waals surface area (Å²) in [5, 5.41) is 0.716. The van der Waals surface area contributed by atoms with Crippen LogP contribution in [0, 0.1) is 37.0 Å². The lowest BCUT2D eigenvalue weighted by Crippen LogP contribution is -2.56. The van der Waals surface area contributed by atoms with E-state index in [4.69, 9.17) is 4.98 Å². The Hall–Kier alpha value is -1.69. The summed E-state index contributed by atoms with van der Waals surface area (Å²) in [6, 6.07) is 0.289. The molecular formula is C26H35N3O2S. The smallest absolute Gasteiger partial charge is 0.259 e. The minimum atomic E-state index is -0.146. The molecule has 0 atom stereocenters. The van der Waals surface area contributed by atoms with Crippen LogP contribution in [0.15, 0.2) is 4.79 Å². The molecule has 4 bridgehead atoms. The number of amides is 1. The van der Waals surface area contributed by atoms with E-state index in [1.807, 2.05) is 13.8 Å². The first-order valence-electron chi connectivity index (χ1n) is 12.7. The monoisotopic (exact) mass is 453 g/mol. The van der Waals surface area contributed by atoms with Gasteiger partial charge in [-0.05, 0) is 88.5 Å². The first kappa shape index (κ1) is 20.9. The largest absolute Gasteiger partial charge is 0.332 e. The lowest BCUT2D eigenvalue weighted by molar-refractivity contribution is -0.161. The van der Waals surface area contributed by atoms with Crippen molar-refractivity contribution in [2.24, 2.45) is 23.2 Å². The summed E-state index contributed by atoms with van der Waals surface area (Å²) < 4.78 is 0. The van der Waals surface area contributed by atoms with E-state index in [1.165, 1.54) is 38.5 Å². The molecule has 0 spiro atoms. The number of nitrogens with zero attached hydrogens (tertiary/aromatic N) is 2. The van der Waals surface area contributed by atoms with E-state index < -0.39 is 0 Å². The first-order chi connectivity index (χ1) is 15.4. The van der Waals surface area contributed by atoms with E-state index in [0.717, 1.165) is 65.1 Å². The van der Waals surface area contributed by atoms with Gasteiger partial charge in [0.2, 0.25) is 5.91 Å². The fourth-order valence-electron chi connectivity index (χ4n) is 7.97. The summed E-state index contributed by atoms with van der Waals surface area (Å²) in [5.41, 5.74) is 0.823. The van der Waals surface area contributed by atoms with Crippen molar-refractivity contribution < 1.29 is 4.79 Å². The number of hydrogen-bond donors (Lipinski definition) is 1. The zero-order valence-electron chi connectivity index (χ0n) is 19.4. The molecule has 0 radical (unpaired) electrons. The third kappa shape index (κ3) is 3.36. The topological polar surface area (TPSA) is 66.1 Å². The summed E-state index contributed by atoms with van der Waals surface area (Å²) in [6.45, 7) is 4.49. The average molecular weight is 454 g/mol. The minimum Gasteiger partial charge on any atom is -0.332 e. The van der Waals surface area contributed by atoms with E-state index in [1.54, 1.807) is 11.3 Å². The number of nitrogens with one attached hydrogen (secondary N) is 1. The summed E-state index contributed by atoms with van der Waals surface area (Å²) >= 11 is 1.59. The van der Waals surface area contributed by atoms with Gasteiger partial charge in [0.25, 0.3) is 5.56 Å². The highest BCUT2D eigenvalue weighted by atomic mass is 32.1. The van der Waals surface area contributed by atoms with Crippen molar-refractivity contribution in [2.45, 2.75) is 97.1 Å². The molecule has 0 saturated heterocycles. The number of H-pyrrole nitrogens is 1. The highest BCUT2D eigenvalue weighted by Crippen LogP contribution is 2.60. The van der Waals surface area contributed by atoms with Crippen molar-refractivity contribution in [3.05, 3.63) is 26.6 Å². The second-order valence-electron chi connectivity index (χ2n) is 11.4. The Morgan fingerprint density at radius 2 is 1.69 bits per heavy atom. The van der Waals surface area contributed by atoms with Crippen LogP contribution in [0.2, 0.25) is 0 Å². The molecule has 0 aliphatic heterocycles. The van der Waals surface area contributed by atoms with Gasteiger partial charge < -0.3 is 9.88 Å². The molecule has 0 aromatic carbocycles. The number of thiophene rings is 1. The number of aryl methyl sites for hydroxylation is 2. The average Bonchev–Trinajstić information content (AvgIpc) is 3.05. The number of aromatic amines is 1. The second kappa shape index (κ2) is 7.68. The third-order valence-electron chi connectivity index (χ3n) is 9.18. The van der Waals surface area contributed by atoms with E-state index in [9.17, 15) is 9.59 Å². The third-order valence-corrected chi connectivity index (χ3v) is 10.3. The van der Waals surface area contributed by atoms with Crippen molar-refractivity contribution in [1.29, 1.82) is 0 Å². The van der Waals surface area contributed by atoms with Gasteiger partial charge in [0.15, 0.2) is 0 Å². The predicted molar refractivity (Wildman–Crippen MR) is 128 cm³/mol. The maximum Gasteiger partial charge on any atom is 0.259 e. The van der Waals surface area contributed by atoms with Gasteiger partial charge in [-0.25, -0.2) is 4.98 Å². The van der Waals surface area contributed by atoms with Crippen molar-refractivity contribution in [1.82, 2.24) is 14.9 Å². The molecule has 5 nitrogen and oxygen atoms in total. The Morgan fingerprint density at radius 3 is 2.31 bits per heavy atom. The van der Waals surface area contributed by atoms with Gasteiger partial charge in [-0.15, -0.1) is 11.3 Å². The van der Waals surface area contributed by atoms with Crippen LogP contribution in [0.25, 0.3) is 10.2 Å². The lowest BCUT2D eigenvalue weighted by Gasteiger charge is -2.57. The molecule has 6 heteroatoms. The Bertz CT molecular complexity index is 1070. The van der Waals surface area contributed by atoms with Crippen LogP contribution >= 0.6 is 11.3 Å². The Kier molecular flexibility index (Phi) is 5.01. The standard InChI is InChI=1S/C26H35N3O2S/c1-15-16(2)32-24-22(15)23(30)27-21(28-24)14-29(20-6-4-3-5-7-20)25(31)26-11-17-8-18(12-26)10-19(9-17)13-26/h17-20H,3-14H2,1-2H3,(H,27,28,30). The van der Waals surface area contributed by atoms with Gasteiger partial charge in [-0.1, -0.05) is 19.3 Å². The second-order valence-corrected chi connectivity index (χ2v) is 12.6. The molecule has 1 amide bonds. The quantitative estimate of drug-likeness (QED) is 0.667. The maximum absolute atomic E-state index is 14.3. The predicted octanol–water partition coefficient (Wildman–Crippen LogP) is 5.48. The van der Waals surface area contributed by atoms with Gasteiger partial charge in [0, 0.05) is 10.9 Å². The minimum absolute atomic E-state index is 0.0577. The normalized spacial score (nSPS) is 32.0. The van der Waals surface area contributed by atoms with E-state index in [2.05, 4.69) is 9.88 Å². The summed E-state index contributed by atoms with van der Waals surface area (Å²) in [7, 11) is 0. The van der Waals surface area contributed by atoms with Gasteiger partial charge in [-0.3, -0.25) is 9.59 Å². The number of aromatic nitrogens is 2. The van der Waals surface area contributed by atoms with Crippen LogP contribution in [0.3, 0.4) is 0 Å². The SMILES string of the molecule is Cc1sc2nc(CN(C(=O)C34CC5CC(CC(C5)C3)C4)C3CCCCC3)[nH]c(=O)c2c1C. The van der Waals surface area contributed by atoms with Crippen LogP contribution in [0.5, 0.6) is 0 Å². The molecule has 2 heterocycles. The van der Waals surface area contributed by atoms with Crippen LogP contribution in [-0.4, -0.2) is 26.8 Å². The van der Waals surface area contributed by atoms with Crippen LogP contribution in [0.4, 0.5) is 0 Å². The summed E-state index contributed by atoms with van der Waals surface area (Å²) in [4.78, 5) is 39.2. The van der Waals surface area contributed by atoms with Gasteiger partial charge in [0.05, 0.1) is 17.3 Å². The molecular weight excluding hydrogens is 418 g/mol. The van der Waals surface area contributed by atoms with Crippen LogP contribution < -0.4 is 5.56 Å². The molecule has 2 aromatic rings. The molecule has 2 aromatic heterocycles. The molecule has 5 saturated carbocycles. The van der Waals surface area contributed by atoms with E-state index in [0.29, 0.717) is 23.7 Å². The van der Waals surface area contributed by atoms with Crippen molar-refractivity contribution >= 4 is 27.5 Å². The number of carbonyl (C=O) groups excluding carboxylic acids is 1. The van der Waals surface area contributed by atoms with Crippen LogP contribution in [0.1, 0.15) is 86.9 Å². The van der Waals surface area contributed by atoms with Crippen molar-refractivity contribution in [3.63, 3.8) is 0 Å².